The van der Waals surface area contributed by atoms with Crippen LogP contribution in [0.3, 0.4) is 0 Å². The maximum absolute atomic E-state index is 5.11. The Balaban J connectivity index is 2.68. The van der Waals surface area contributed by atoms with Gasteiger partial charge >= 0.3 is 0 Å². The highest BCUT2D eigenvalue weighted by Crippen LogP contribution is 2.17. The number of methoxy groups -OCH3 is 2. The molecule has 1 aromatic rings. The van der Waals surface area contributed by atoms with Crippen molar-refractivity contribution in [1.82, 2.24) is 15.1 Å². The fourth-order valence-electron chi connectivity index (χ4n) is 2.55. The third kappa shape index (κ3) is 5.77. The van der Waals surface area contributed by atoms with Gasteiger partial charge in [-0.3, -0.25) is 4.68 Å². The second-order valence-electron chi connectivity index (χ2n) is 5.17. The topological polar surface area (TPSA) is 48.3 Å². The Bertz CT molecular complexity index is 391. The SMILES string of the molecule is CCc1nn(CCCCOC)c(CC)c1CNCCOC. The predicted octanol–water partition coefficient (Wildman–Crippen LogP) is 2.17. The minimum absolute atomic E-state index is 0.744. The van der Waals surface area contributed by atoms with Crippen molar-refractivity contribution in [2.75, 3.05) is 34.0 Å². The summed E-state index contributed by atoms with van der Waals surface area (Å²) in [6.07, 6.45) is 4.21. The molecule has 0 radical (unpaired) electrons. The van der Waals surface area contributed by atoms with Crippen LogP contribution in [0.15, 0.2) is 0 Å². The first kappa shape index (κ1) is 18.1. The average molecular weight is 297 g/mol. The minimum atomic E-state index is 0.744. The van der Waals surface area contributed by atoms with Crippen LogP contribution in [-0.2, 0) is 35.4 Å². The monoisotopic (exact) mass is 297 g/mol. The lowest BCUT2D eigenvalue weighted by atomic mass is 10.1. The number of ether oxygens (including phenoxy) is 2. The van der Waals surface area contributed by atoms with Crippen LogP contribution >= 0.6 is 0 Å². The second kappa shape index (κ2) is 10.8. The number of rotatable bonds is 12. The summed E-state index contributed by atoms with van der Waals surface area (Å²) in [5.74, 6) is 0. The van der Waals surface area contributed by atoms with Gasteiger partial charge in [0.05, 0.1) is 12.3 Å². The molecule has 5 heteroatoms. The summed E-state index contributed by atoms with van der Waals surface area (Å²) in [6.45, 7) is 8.70. The van der Waals surface area contributed by atoms with E-state index in [1.54, 1.807) is 14.2 Å². The van der Waals surface area contributed by atoms with E-state index in [0.717, 1.165) is 58.5 Å². The molecule has 21 heavy (non-hydrogen) atoms. The zero-order valence-corrected chi connectivity index (χ0v) is 14.1. The highest BCUT2D eigenvalue weighted by Gasteiger charge is 2.14. The van der Waals surface area contributed by atoms with Crippen molar-refractivity contribution in [3.05, 3.63) is 17.0 Å². The third-order valence-corrected chi connectivity index (χ3v) is 3.67. The van der Waals surface area contributed by atoms with E-state index in [2.05, 4.69) is 23.8 Å². The van der Waals surface area contributed by atoms with Crippen molar-refractivity contribution in [2.24, 2.45) is 0 Å². The molecular weight excluding hydrogens is 266 g/mol. The van der Waals surface area contributed by atoms with Crippen LogP contribution in [0, 0.1) is 0 Å². The van der Waals surface area contributed by atoms with Gasteiger partial charge in [-0.25, -0.2) is 0 Å². The molecule has 0 saturated heterocycles. The first-order chi connectivity index (χ1) is 10.3. The quantitative estimate of drug-likeness (QED) is 0.601. The van der Waals surface area contributed by atoms with E-state index in [4.69, 9.17) is 14.6 Å². The Morgan fingerprint density at radius 2 is 1.81 bits per heavy atom. The molecule has 5 nitrogen and oxygen atoms in total. The number of hydrogen-bond donors (Lipinski definition) is 1. The largest absolute Gasteiger partial charge is 0.385 e. The summed E-state index contributed by atoms with van der Waals surface area (Å²) < 4.78 is 12.4. The molecule has 0 amide bonds. The van der Waals surface area contributed by atoms with Gasteiger partial charge in [-0.1, -0.05) is 13.8 Å². The zero-order valence-electron chi connectivity index (χ0n) is 14.1. The lowest BCUT2D eigenvalue weighted by molar-refractivity contribution is 0.190. The lowest BCUT2D eigenvalue weighted by Gasteiger charge is -2.09. The maximum Gasteiger partial charge on any atom is 0.0669 e. The van der Waals surface area contributed by atoms with E-state index < -0.39 is 0 Å². The van der Waals surface area contributed by atoms with Gasteiger partial charge in [-0.05, 0) is 25.7 Å². The smallest absolute Gasteiger partial charge is 0.0669 e. The molecule has 122 valence electrons. The van der Waals surface area contributed by atoms with Crippen molar-refractivity contribution in [3.63, 3.8) is 0 Å². The molecular formula is C16H31N3O2. The lowest BCUT2D eigenvalue weighted by Crippen LogP contribution is -2.20. The van der Waals surface area contributed by atoms with E-state index in [-0.39, 0.29) is 0 Å². The van der Waals surface area contributed by atoms with Crippen LogP contribution < -0.4 is 5.32 Å². The number of unbranched alkanes of at least 4 members (excludes halogenated alkanes) is 1. The fourth-order valence-corrected chi connectivity index (χ4v) is 2.55. The molecule has 0 atom stereocenters. The molecule has 0 fully saturated rings. The number of nitrogens with one attached hydrogen (secondary N) is 1. The molecule has 0 saturated carbocycles. The zero-order chi connectivity index (χ0) is 15.5. The average Bonchev–Trinajstić information content (AvgIpc) is 2.85. The van der Waals surface area contributed by atoms with E-state index in [1.165, 1.54) is 17.0 Å². The Morgan fingerprint density at radius 1 is 1.05 bits per heavy atom. The van der Waals surface area contributed by atoms with Crippen molar-refractivity contribution in [3.8, 4) is 0 Å². The van der Waals surface area contributed by atoms with Crippen LogP contribution in [-0.4, -0.2) is 43.8 Å². The van der Waals surface area contributed by atoms with E-state index in [0.29, 0.717) is 0 Å². The van der Waals surface area contributed by atoms with E-state index >= 15 is 0 Å². The number of aryl methyl sites for hydroxylation is 2. The van der Waals surface area contributed by atoms with Gasteiger partial charge in [0.1, 0.15) is 0 Å². The van der Waals surface area contributed by atoms with Crippen molar-refractivity contribution < 1.29 is 9.47 Å². The van der Waals surface area contributed by atoms with Crippen LogP contribution in [0.4, 0.5) is 0 Å². The van der Waals surface area contributed by atoms with Gasteiger partial charge in [0.25, 0.3) is 0 Å². The molecule has 1 N–H and O–H groups in total. The Kier molecular flexibility index (Phi) is 9.30. The molecule has 0 aliphatic heterocycles. The fraction of sp³-hybridized carbons (Fsp3) is 0.812. The van der Waals surface area contributed by atoms with E-state index in [1.807, 2.05) is 0 Å². The first-order valence-electron chi connectivity index (χ1n) is 8.04. The molecule has 0 aromatic carbocycles. The molecule has 0 bridgehead atoms. The normalized spacial score (nSPS) is 11.2. The summed E-state index contributed by atoms with van der Waals surface area (Å²) in [7, 11) is 3.49. The minimum Gasteiger partial charge on any atom is -0.385 e. The molecule has 0 spiro atoms. The predicted molar refractivity (Wildman–Crippen MR) is 85.7 cm³/mol. The van der Waals surface area contributed by atoms with Gasteiger partial charge in [0, 0.05) is 51.7 Å². The molecule has 1 heterocycles. The third-order valence-electron chi connectivity index (χ3n) is 3.67. The van der Waals surface area contributed by atoms with Gasteiger partial charge < -0.3 is 14.8 Å². The highest BCUT2D eigenvalue weighted by atomic mass is 16.5. The molecule has 1 rings (SSSR count). The van der Waals surface area contributed by atoms with Crippen molar-refractivity contribution in [1.29, 1.82) is 0 Å². The van der Waals surface area contributed by atoms with Crippen molar-refractivity contribution >= 4 is 0 Å². The standard InChI is InChI=1S/C16H31N3O2/c1-5-15-14(13-17-9-12-21-4)16(6-2)19(18-15)10-7-8-11-20-3/h17H,5-13H2,1-4H3. The maximum atomic E-state index is 5.11. The van der Waals surface area contributed by atoms with Gasteiger partial charge in [0.15, 0.2) is 0 Å². The first-order valence-corrected chi connectivity index (χ1v) is 8.04. The summed E-state index contributed by atoms with van der Waals surface area (Å²) in [4.78, 5) is 0. The summed E-state index contributed by atoms with van der Waals surface area (Å²) >= 11 is 0. The van der Waals surface area contributed by atoms with Gasteiger partial charge in [-0.15, -0.1) is 0 Å². The summed E-state index contributed by atoms with van der Waals surface area (Å²) in [6, 6.07) is 0. The summed E-state index contributed by atoms with van der Waals surface area (Å²) in [5.41, 5.74) is 3.97. The highest BCUT2D eigenvalue weighted by molar-refractivity contribution is 5.26. The van der Waals surface area contributed by atoms with Crippen LogP contribution in [0.2, 0.25) is 0 Å². The molecule has 0 aliphatic carbocycles. The molecule has 0 unspecified atom stereocenters. The summed E-state index contributed by atoms with van der Waals surface area (Å²) in [5, 5.41) is 8.24. The van der Waals surface area contributed by atoms with Gasteiger partial charge in [-0.2, -0.15) is 5.10 Å². The van der Waals surface area contributed by atoms with Crippen molar-refractivity contribution in [2.45, 2.75) is 52.6 Å². The number of nitrogens with zero attached hydrogens (tertiary/aromatic N) is 2. The molecule has 0 aliphatic rings. The van der Waals surface area contributed by atoms with Crippen LogP contribution in [0.5, 0.6) is 0 Å². The Labute approximate surface area is 129 Å². The van der Waals surface area contributed by atoms with Crippen LogP contribution in [0.25, 0.3) is 0 Å². The van der Waals surface area contributed by atoms with Gasteiger partial charge in [0.2, 0.25) is 0 Å². The Hall–Kier alpha value is -0.910. The Morgan fingerprint density at radius 3 is 2.43 bits per heavy atom. The molecule has 1 aromatic heterocycles. The van der Waals surface area contributed by atoms with Crippen LogP contribution in [0.1, 0.15) is 43.6 Å². The number of hydrogen-bond acceptors (Lipinski definition) is 4. The second-order valence-corrected chi connectivity index (χ2v) is 5.17. The number of aromatic nitrogens is 2. The van der Waals surface area contributed by atoms with E-state index in [9.17, 15) is 0 Å².